The van der Waals surface area contributed by atoms with E-state index in [1.165, 1.54) is 16.7 Å². The molecule has 4 nitrogen and oxygen atoms in total. The van der Waals surface area contributed by atoms with Crippen molar-refractivity contribution in [3.8, 4) is 0 Å². The van der Waals surface area contributed by atoms with E-state index in [2.05, 4.69) is 5.32 Å². The summed E-state index contributed by atoms with van der Waals surface area (Å²) in [5.41, 5.74) is -0.457. The van der Waals surface area contributed by atoms with E-state index < -0.39 is 29.0 Å². The first kappa shape index (κ1) is 19.3. The highest BCUT2D eigenvalue weighted by atomic mass is 32.2. The molecule has 0 saturated heterocycles. The third-order valence-corrected chi connectivity index (χ3v) is 3.62. The van der Waals surface area contributed by atoms with E-state index in [-0.39, 0.29) is 12.5 Å². The summed E-state index contributed by atoms with van der Waals surface area (Å²) in [6, 6.07) is 1.66. The molecule has 0 aromatic heterocycles. The maximum atomic E-state index is 13.5. The van der Waals surface area contributed by atoms with Crippen molar-refractivity contribution in [3.63, 3.8) is 0 Å². The summed E-state index contributed by atoms with van der Waals surface area (Å²) in [6.45, 7) is 1.99. The predicted octanol–water partition coefficient (Wildman–Crippen LogP) is 3.03. The van der Waals surface area contributed by atoms with E-state index >= 15 is 0 Å². The van der Waals surface area contributed by atoms with Crippen LogP contribution in [0.15, 0.2) is 12.1 Å². The standard InChI is InChI=1S/C15H19F3N2O2S/c1-3-7-20(13(22)6-8-23-2)9-12(21)19-11-5-4-10(16)14(17)15(11)18/h4-5H,3,6-9H2,1-2H3,(H,19,21). The molecule has 0 fully saturated rings. The number of thioether (sulfide) groups is 1. The fourth-order valence-corrected chi connectivity index (χ4v) is 2.27. The van der Waals surface area contributed by atoms with Gasteiger partial charge in [-0.25, -0.2) is 13.2 Å². The van der Waals surface area contributed by atoms with Crippen LogP contribution in [0.3, 0.4) is 0 Å². The Morgan fingerprint density at radius 2 is 1.91 bits per heavy atom. The lowest BCUT2D eigenvalue weighted by molar-refractivity contribution is -0.134. The number of nitrogens with one attached hydrogen (secondary N) is 1. The van der Waals surface area contributed by atoms with Gasteiger partial charge in [-0.2, -0.15) is 11.8 Å². The van der Waals surface area contributed by atoms with Gasteiger partial charge < -0.3 is 10.2 Å². The van der Waals surface area contributed by atoms with Crippen molar-refractivity contribution in [2.24, 2.45) is 0 Å². The maximum Gasteiger partial charge on any atom is 0.244 e. The van der Waals surface area contributed by atoms with Gasteiger partial charge in [0.2, 0.25) is 11.8 Å². The second-order valence-electron chi connectivity index (χ2n) is 4.83. The largest absolute Gasteiger partial charge is 0.333 e. The SMILES string of the molecule is CCCN(CC(=O)Nc1ccc(F)c(F)c1F)C(=O)CCSC. The van der Waals surface area contributed by atoms with Gasteiger partial charge in [0.1, 0.15) is 0 Å². The number of carbonyl (C=O) groups excluding carboxylic acids is 2. The Bertz CT molecular complexity index is 570. The lowest BCUT2D eigenvalue weighted by Crippen LogP contribution is -2.38. The van der Waals surface area contributed by atoms with E-state index in [1.807, 2.05) is 13.2 Å². The van der Waals surface area contributed by atoms with Gasteiger partial charge in [-0.15, -0.1) is 0 Å². The maximum absolute atomic E-state index is 13.5. The molecular formula is C15H19F3N2O2S. The third-order valence-electron chi connectivity index (χ3n) is 3.01. The predicted molar refractivity (Wildman–Crippen MR) is 84.8 cm³/mol. The van der Waals surface area contributed by atoms with Gasteiger partial charge in [0.25, 0.3) is 0 Å². The van der Waals surface area contributed by atoms with Crippen LogP contribution in [0.4, 0.5) is 18.9 Å². The van der Waals surface area contributed by atoms with Gasteiger partial charge in [-0.05, 0) is 24.8 Å². The number of halogens is 3. The zero-order valence-electron chi connectivity index (χ0n) is 13.0. The first-order valence-corrected chi connectivity index (χ1v) is 8.50. The highest BCUT2D eigenvalue weighted by molar-refractivity contribution is 7.98. The summed E-state index contributed by atoms with van der Waals surface area (Å²) in [5, 5.41) is 2.16. The van der Waals surface area contributed by atoms with Crippen LogP contribution < -0.4 is 5.32 Å². The number of amides is 2. The highest BCUT2D eigenvalue weighted by Crippen LogP contribution is 2.19. The van der Waals surface area contributed by atoms with E-state index in [0.717, 1.165) is 12.1 Å². The number of carbonyl (C=O) groups is 2. The Morgan fingerprint density at radius 3 is 2.52 bits per heavy atom. The third kappa shape index (κ3) is 5.78. The summed E-state index contributed by atoms with van der Waals surface area (Å²) in [5.74, 6) is -4.65. The summed E-state index contributed by atoms with van der Waals surface area (Å²) in [7, 11) is 0. The topological polar surface area (TPSA) is 49.4 Å². The molecule has 1 aromatic carbocycles. The molecule has 1 aromatic rings. The number of anilines is 1. The minimum Gasteiger partial charge on any atom is -0.333 e. The van der Waals surface area contributed by atoms with Crippen molar-refractivity contribution >= 4 is 29.3 Å². The molecule has 0 unspecified atom stereocenters. The molecule has 0 atom stereocenters. The monoisotopic (exact) mass is 348 g/mol. The smallest absolute Gasteiger partial charge is 0.244 e. The van der Waals surface area contributed by atoms with Gasteiger partial charge in [0.15, 0.2) is 17.5 Å². The fourth-order valence-electron chi connectivity index (χ4n) is 1.89. The van der Waals surface area contributed by atoms with Crippen LogP contribution in [0.1, 0.15) is 19.8 Å². The molecular weight excluding hydrogens is 329 g/mol. The molecule has 0 spiro atoms. The van der Waals surface area contributed by atoms with E-state index in [4.69, 9.17) is 0 Å². The van der Waals surface area contributed by atoms with E-state index in [9.17, 15) is 22.8 Å². The minimum atomic E-state index is -1.65. The van der Waals surface area contributed by atoms with Gasteiger partial charge in [0, 0.05) is 18.7 Å². The summed E-state index contributed by atoms with van der Waals surface area (Å²) >= 11 is 1.52. The second-order valence-corrected chi connectivity index (χ2v) is 5.81. The van der Waals surface area contributed by atoms with Crippen LogP contribution in [-0.4, -0.2) is 41.8 Å². The number of rotatable bonds is 8. The Hall–Kier alpha value is -1.70. The molecule has 2 amide bonds. The summed E-state index contributed by atoms with van der Waals surface area (Å²) in [4.78, 5) is 25.3. The van der Waals surface area contributed by atoms with Gasteiger partial charge in [-0.1, -0.05) is 6.92 Å². The Labute approximate surface area is 137 Å². The van der Waals surface area contributed by atoms with Gasteiger partial charge in [-0.3, -0.25) is 9.59 Å². The van der Waals surface area contributed by atoms with E-state index in [0.29, 0.717) is 25.1 Å². The Balaban J connectivity index is 2.72. The zero-order valence-corrected chi connectivity index (χ0v) is 13.8. The molecule has 1 rings (SSSR count). The summed E-state index contributed by atoms with van der Waals surface area (Å²) < 4.78 is 39.5. The minimum absolute atomic E-state index is 0.179. The highest BCUT2D eigenvalue weighted by Gasteiger charge is 2.19. The van der Waals surface area contributed by atoms with Crippen LogP contribution in [0.25, 0.3) is 0 Å². The molecule has 0 aliphatic carbocycles. The average molecular weight is 348 g/mol. The number of hydrogen-bond donors (Lipinski definition) is 1. The Morgan fingerprint density at radius 1 is 1.22 bits per heavy atom. The molecule has 0 saturated carbocycles. The van der Waals surface area contributed by atoms with Crippen molar-refractivity contribution < 1.29 is 22.8 Å². The summed E-state index contributed by atoms with van der Waals surface area (Å²) in [6.07, 6.45) is 2.84. The zero-order chi connectivity index (χ0) is 17.4. The second kappa shape index (κ2) is 9.44. The molecule has 128 valence electrons. The van der Waals surface area contributed by atoms with Crippen molar-refractivity contribution in [2.75, 3.05) is 30.4 Å². The number of nitrogens with zero attached hydrogens (tertiary/aromatic N) is 1. The quantitative estimate of drug-likeness (QED) is 0.735. The van der Waals surface area contributed by atoms with Crippen molar-refractivity contribution in [3.05, 3.63) is 29.6 Å². The number of benzene rings is 1. The Kier molecular flexibility index (Phi) is 7.94. The molecule has 0 aliphatic heterocycles. The van der Waals surface area contributed by atoms with Gasteiger partial charge in [0.05, 0.1) is 12.2 Å². The van der Waals surface area contributed by atoms with E-state index in [1.54, 1.807) is 0 Å². The molecule has 0 radical (unpaired) electrons. The number of hydrogen-bond acceptors (Lipinski definition) is 3. The van der Waals surface area contributed by atoms with Crippen LogP contribution in [-0.2, 0) is 9.59 Å². The van der Waals surface area contributed by atoms with Crippen molar-refractivity contribution in [1.82, 2.24) is 4.90 Å². The molecule has 8 heteroatoms. The van der Waals surface area contributed by atoms with Crippen molar-refractivity contribution in [1.29, 1.82) is 0 Å². The van der Waals surface area contributed by atoms with Gasteiger partial charge >= 0.3 is 0 Å². The molecule has 0 aliphatic rings. The first-order valence-electron chi connectivity index (χ1n) is 7.10. The molecule has 0 bridgehead atoms. The van der Waals surface area contributed by atoms with Crippen molar-refractivity contribution in [2.45, 2.75) is 19.8 Å². The van der Waals surface area contributed by atoms with Crippen LogP contribution >= 0.6 is 11.8 Å². The lowest BCUT2D eigenvalue weighted by atomic mass is 10.2. The molecule has 0 heterocycles. The normalized spacial score (nSPS) is 10.5. The van der Waals surface area contributed by atoms with Crippen LogP contribution in [0.2, 0.25) is 0 Å². The first-order chi connectivity index (χ1) is 10.9. The van der Waals surface area contributed by atoms with Crippen LogP contribution in [0.5, 0.6) is 0 Å². The average Bonchev–Trinajstić information content (AvgIpc) is 2.52. The molecule has 23 heavy (non-hydrogen) atoms. The molecule has 1 N–H and O–H groups in total. The van der Waals surface area contributed by atoms with Crippen LogP contribution in [0, 0.1) is 17.5 Å². The lowest BCUT2D eigenvalue weighted by Gasteiger charge is -2.21. The fraction of sp³-hybridized carbons (Fsp3) is 0.467.